The molecule has 0 aliphatic rings. The summed E-state index contributed by atoms with van der Waals surface area (Å²) in [4.78, 5) is 23.2. The first-order chi connectivity index (χ1) is 28.0. The molecule has 0 aliphatic heterocycles. The zero-order valence-electron chi connectivity index (χ0n) is 38.8. The van der Waals surface area contributed by atoms with E-state index in [9.17, 15) is 19.4 Å². The molecule has 0 spiro atoms. The van der Waals surface area contributed by atoms with Crippen LogP contribution in [0.1, 0.15) is 219 Å². The molecule has 58 heavy (non-hydrogen) atoms. The minimum Gasteiger partial charge on any atom is -0.387 e. The van der Waals surface area contributed by atoms with Crippen molar-refractivity contribution in [3.05, 3.63) is 36.5 Å². The number of nitrogens with one attached hydrogen (secondary N) is 1. The first-order valence-electron chi connectivity index (χ1n) is 24.4. The molecule has 0 fully saturated rings. The van der Waals surface area contributed by atoms with Gasteiger partial charge in [0.1, 0.15) is 13.2 Å². The lowest BCUT2D eigenvalue weighted by atomic mass is 10.0. The molecule has 0 rings (SSSR count). The van der Waals surface area contributed by atoms with Gasteiger partial charge in [0, 0.05) is 6.42 Å². The third kappa shape index (κ3) is 42.8. The summed E-state index contributed by atoms with van der Waals surface area (Å²) in [6.45, 7) is 4.81. The van der Waals surface area contributed by atoms with Gasteiger partial charge in [-0.3, -0.25) is 13.8 Å². The van der Waals surface area contributed by atoms with Gasteiger partial charge in [-0.05, 0) is 51.4 Å². The van der Waals surface area contributed by atoms with Gasteiger partial charge in [-0.1, -0.05) is 198 Å². The normalized spacial score (nSPS) is 14.5. The van der Waals surface area contributed by atoms with Crippen molar-refractivity contribution in [2.24, 2.45) is 0 Å². The third-order valence-electron chi connectivity index (χ3n) is 10.9. The molecule has 1 amide bonds. The van der Waals surface area contributed by atoms with Crippen LogP contribution in [0.3, 0.4) is 0 Å². The second kappa shape index (κ2) is 41.1. The Labute approximate surface area is 359 Å². The van der Waals surface area contributed by atoms with Crippen LogP contribution < -0.4 is 5.32 Å². The fraction of sp³-hybridized carbons (Fsp3) is 0.857. The molecule has 342 valence electrons. The molecule has 0 aromatic heterocycles. The minimum atomic E-state index is -4.34. The van der Waals surface area contributed by atoms with Crippen LogP contribution >= 0.6 is 7.82 Å². The number of rotatable bonds is 44. The highest BCUT2D eigenvalue weighted by molar-refractivity contribution is 7.47. The van der Waals surface area contributed by atoms with Crippen LogP contribution in [-0.2, 0) is 18.4 Å². The van der Waals surface area contributed by atoms with Crippen LogP contribution in [0, 0.1) is 0 Å². The Balaban J connectivity index is 4.34. The molecule has 0 radical (unpaired) electrons. The summed E-state index contributed by atoms with van der Waals surface area (Å²) in [5.41, 5.74) is 0. The molecule has 3 unspecified atom stereocenters. The number of allylic oxidation sites excluding steroid dienone is 5. The number of likely N-dealkylation sites (N-methyl/N-ethyl adjacent to an activating group) is 1. The van der Waals surface area contributed by atoms with Crippen LogP contribution in [0.4, 0.5) is 0 Å². The summed E-state index contributed by atoms with van der Waals surface area (Å²) in [5.74, 6) is -0.181. The second-order valence-corrected chi connectivity index (χ2v) is 19.3. The van der Waals surface area contributed by atoms with Crippen molar-refractivity contribution in [1.82, 2.24) is 5.32 Å². The van der Waals surface area contributed by atoms with E-state index in [1.165, 1.54) is 154 Å². The monoisotopic (exact) mass is 840 g/mol. The number of carbonyl (C=O) groups is 1. The van der Waals surface area contributed by atoms with Gasteiger partial charge in [0.2, 0.25) is 5.91 Å². The molecule has 0 saturated carbocycles. The van der Waals surface area contributed by atoms with E-state index in [0.29, 0.717) is 17.4 Å². The Bertz CT molecular complexity index is 1040. The average molecular weight is 840 g/mol. The van der Waals surface area contributed by atoms with Gasteiger partial charge in [0.15, 0.2) is 0 Å². The highest BCUT2D eigenvalue weighted by Gasteiger charge is 2.27. The minimum absolute atomic E-state index is 0.0606. The summed E-state index contributed by atoms with van der Waals surface area (Å²) >= 11 is 0. The quantitative estimate of drug-likeness (QED) is 0.0244. The zero-order valence-corrected chi connectivity index (χ0v) is 39.7. The Morgan fingerprint density at radius 2 is 0.983 bits per heavy atom. The summed E-state index contributed by atoms with van der Waals surface area (Å²) < 4.78 is 23.6. The molecular weight excluding hydrogens is 744 g/mol. The van der Waals surface area contributed by atoms with Gasteiger partial charge in [0.05, 0.1) is 39.9 Å². The SMILES string of the molecule is CCCCCCC/C=C\C/C=C\CCCCCCCCCCCC(=O)NC(COP(=O)(O)OCC[N+](C)(C)C)C(O)/C=C/CCCCCCCCCCCCCCC. The standard InChI is InChI=1S/C49H95N2O6P/c1-6-8-10-12-14-16-18-20-22-23-24-25-26-27-29-31-33-35-37-39-41-43-49(53)50-47(46-57-58(54,55)56-45-44-51(3,4)5)48(52)42-40-38-36-34-32-30-28-21-19-17-15-13-11-9-7-2/h18,20,23-24,40,42,47-48,52H,6-17,19,21-22,25-39,41,43-46H2,1-5H3,(H-,50,53,54,55)/p+1/b20-18-,24-23-,42-40+. The maximum absolute atomic E-state index is 12.9. The maximum Gasteiger partial charge on any atom is 0.472 e. The number of hydrogen-bond donors (Lipinski definition) is 3. The molecule has 0 saturated heterocycles. The molecule has 0 aliphatic carbocycles. The van der Waals surface area contributed by atoms with Crippen LogP contribution in [0.2, 0.25) is 0 Å². The zero-order chi connectivity index (χ0) is 42.8. The molecular formula is C49H96N2O6P+. The number of amides is 1. The molecule has 0 aromatic rings. The number of aliphatic hydroxyl groups excluding tert-OH is 1. The van der Waals surface area contributed by atoms with E-state index in [4.69, 9.17) is 9.05 Å². The van der Waals surface area contributed by atoms with Crippen molar-refractivity contribution in [1.29, 1.82) is 0 Å². The lowest BCUT2D eigenvalue weighted by Crippen LogP contribution is -2.45. The van der Waals surface area contributed by atoms with Gasteiger partial charge >= 0.3 is 7.82 Å². The number of carbonyl (C=O) groups excluding carboxylic acids is 1. The van der Waals surface area contributed by atoms with Crippen molar-refractivity contribution in [3.63, 3.8) is 0 Å². The van der Waals surface area contributed by atoms with Crippen LogP contribution in [0.25, 0.3) is 0 Å². The summed E-state index contributed by atoms with van der Waals surface area (Å²) in [6, 6.07) is -0.847. The first-order valence-corrected chi connectivity index (χ1v) is 25.9. The highest BCUT2D eigenvalue weighted by atomic mass is 31.2. The largest absolute Gasteiger partial charge is 0.472 e. The van der Waals surface area contributed by atoms with Crippen molar-refractivity contribution in [3.8, 4) is 0 Å². The number of quaternary nitrogens is 1. The Kier molecular flexibility index (Phi) is 40.2. The first kappa shape index (κ1) is 56.7. The average Bonchev–Trinajstić information content (AvgIpc) is 3.17. The maximum atomic E-state index is 12.9. The predicted octanol–water partition coefficient (Wildman–Crippen LogP) is 13.9. The van der Waals surface area contributed by atoms with E-state index in [1.807, 2.05) is 27.2 Å². The Morgan fingerprint density at radius 3 is 1.41 bits per heavy atom. The lowest BCUT2D eigenvalue weighted by Gasteiger charge is -2.25. The second-order valence-electron chi connectivity index (χ2n) is 17.8. The van der Waals surface area contributed by atoms with E-state index < -0.39 is 20.0 Å². The number of unbranched alkanes of at least 4 members (excludes halogenated alkanes) is 27. The molecule has 8 nitrogen and oxygen atoms in total. The van der Waals surface area contributed by atoms with E-state index in [2.05, 4.69) is 43.5 Å². The number of nitrogens with zero attached hydrogens (tertiary/aromatic N) is 1. The molecule has 0 bridgehead atoms. The van der Waals surface area contributed by atoms with E-state index in [-0.39, 0.29) is 19.1 Å². The van der Waals surface area contributed by atoms with E-state index >= 15 is 0 Å². The fourth-order valence-corrected chi connectivity index (χ4v) is 7.69. The molecule has 3 atom stereocenters. The van der Waals surface area contributed by atoms with Crippen LogP contribution in [0.5, 0.6) is 0 Å². The number of aliphatic hydroxyl groups is 1. The summed E-state index contributed by atoms with van der Waals surface area (Å²) in [6.07, 6.45) is 50.7. The fourth-order valence-electron chi connectivity index (χ4n) is 6.95. The molecule has 0 aromatic carbocycles. The van der Waals surface area contributed by atoms with E-state index in [1.54, 1.807) is 6.08 Å². The smallest absolute Gasteiger partial charge is 0.387 e. The number of hydrogen-bond acceptors (Lipinski definition) is 5. The summed E-state index contributed by atoms with van der Waals surface area (Å²) in [5, 5.41) is 13.9. The van der Waals surface area contributed by atoms with E-state index in [0.717, 1.165) is 44.9 Å². The van der Waals surface area contributed by atoms with Gasteiger partial charge in [-0.15, -0.1) is 0 Å². The van der Waals surface area contributed by atoms with Crippen LogP contribution in [-0.4, -0.2) is 73.4 Å². The van der Waals surface area contributed by atoms with Gasteiger partial charge < -0.3 is 19.8 Å². The van der Waals surface area contributed by atoms with Crippen molar-refractivity contribution in [2.45, 2.75) is 231 Å². The van der Waals surface area contributed by atoms with Crippen molar-refractivity contribution in [2.75, 3.05) is 40.9 Å². The molecule has 0 heterocycles. The van der Waals surface area contributed by atoms with Gasteiger partial charge in [-0.2, -0.15) is 0 Å². The lowest BCUT2D eigenvalue weighted by molar-refractivity contribution is -0.870. The third-order valence-corrected chi connectivity index (χ3v) is 11.8. The summed E-state index contributed by atoms with van der Waals surface area (Å²) in [7, 11) is 1.57. The molecule has 3 N–H and O–H groups in total. The Morgan fingerprint density at radius 1 is 0.586 bits per heavy atom. The van der Waals surface area contributed by atoms with Gasteiger partial charge in [0.25, 0.3) is 0 Å². The van der Waals surface area contributed by atoms with Gasteiger partial charge in [-0.25, -0.2) is 4.57 Å². The number of phosphoric acid groups is 1. The molecule has 9 heteroatoms. The highest BCUT2D eigenvalue weighted by Crippen LogP contribution is 2.43. The topological polar surface area (TPSA) is 105 Å². The Hall–Kier alpha value is -1.28. The predicted molar refractivity (Wildman–Crippen MR) is 249 cm³/mol. The van der Waals surface area contributed by atoms with Crippen molar-refractivity contribution < 1.29 is 32.9 Å². The van der Waals surface area contributed by atoms with Crippen molar-refractivity contribution >= 4 is 13.7 Å². The number of phosphoric ester groups is 1. The van der Waals surface area contributed by atoms with Crippen LogP contribution in [0.15, 0.2) is 36.5 Å².